The number of hydrogen-bond acceptors (Lipinski definition) is 3. The van der Waals surface area contributed by atoms with Gasteiger partial charge in [-0.3, -0.25) is 0 Å². The predicted molar refractivity (Wildman–Crippen MR) is 82.4 cm³/mol. The van der Waals surface area contributed by atoms with Crippen LogP contribution in [-0.4, -0.2) is 49.1 Å². The largest absolute Gasteiger partial charge is 0.316 e. The molecule has 2 aliphatic rings. The van der Waals surface area contributed by atoms with Gasteiger partial charge >= 0.3 is 0 Å². The lowest BCUT2D eigenvalue weighted by molar-refractivity contribution is 0.0919. The first kappa shape index (κ1) is 14.7. The van der Waals surface area contributed by atoms with Crippen molar-refractivity contribution in [1.82, 2.24) is 10.2 Å². The molecule has 1 heterocycles. The zero-order valence-corrected chi connectivity index (χ0v) is 13.0. The van der Waals surface area contributed by atoms with Crippen LogP contribution in [0.4, 0.5) is 0 Å². The fraction of sp³-hybridized carbons (Fsp3) is 1.00. The van der Waals surface area contributed by atoms with E-state index >= 15 is 0 Å². The van der Waals surface area contributed by atoms with E-state index in [1.165, 1.54) is 63.4 Å². The van der Waals surface area contributed by atoms with Gasteiger partial charge in [0.25, 0.3) is 0 Å². The Balaban J connectivity index is 1.90. The normalized spacial score (nSPS) is 34.7. The summed E-state index contributed by atoms with van der Waals surface area (Å²) in [6.45, 7) is 11.0. The first-order valence-electron chi connectivity index (χ1n) is 7.75. The minimum absolute atomic E-state index is 0.574. The molecule has 106 valence electrons. The highest BCUT2D eigenvalue weighted by molar-refractivity contribution is 7.99. The maximum atomic E-state index is 3.63. The molecule has 0 bridgehead atoms. The Morgan fingerprint density at radius 2 is 1.89 bits per heavy atom. The van der Waals surface area contributed by atoms with Crippen LogP contribution in [-0.2, 0) is 0 Å². The number of hydrogen-bond donors (Lipinski definition) is 1. The average Bonchev–Trinajstić information content (AvgIpc) is 2.41. The Kier molecular flexibility index (Phi) is 5.84. The fourth-order valence-corrected chi connectivity index (χ4v) is 4.37. The van der Waals surface area contributed by atoms with Crippen molar-refractivity contribution in [2.24, 2.45) is 11.3 Å². The molecule has 0 aromatic heterocycles. The summed E-state index contributed by atoms with van der Waals surface area (Å²) in [4.78, 5) is 2.73. The highest BCUT2D eigenvalue weighted by Gasteiger charge is 2.35. The molecule has 2 fully saturated rings. The molecule has 0 atom stereocenters. The Labute approximate surface area is 117 Å². The van der Waals surface area contributed by atoms with E-state index in [-0.39, 0.29) is 0 Å². The monoisotopic (exact) mass is 270 g/mol. The Bertz CT molecular complexity index is 225. The van der Waals surface area contributed by atoms with Crippen molar-refractivity contribution < 1.29 is 0 Å². The summed E-state index contributed by atoms with van der Waals surface area (Å²) in [5, 5.41) is 3.63. The summed E-state index contributed by atoms with van der Waals surface area (Å²) in [5.41, 5.74) is 0.574. The van der Waals surface area contributed by atoms with E-state index in [1.54, 1.807) is 0 Å². The topological polar surface area (TPSA) is 15.3 Å². The zero-order valence-electron chi connectivity index (χ0n) is 12.2. The molecule has 0 amide bonds. The molecular formula is C15H30N2S. The molecule has 0 radical (unpaired) electrons. The lowest BCUT2D eigenvalue weighted by atomic mass is 9.70. The van der Waals surface area contributed by atoms with E-state index in [1.807, 2.05) is 0 Å². The standard InChI is InChI=1S/C15H30N2S/c1-3-16-12-15(6-4-14(2)5-7-15)13-17-8-10-18-11-9-17/h14,16H,3-13H2,1-2H3. The third-order valence-electron chi connectivity index (χ3n) is 4.75. The summed E-state index contributed by atoms with van der Waals surface area (Å²) in [6.07, 6.45) is 5.75. The summed E-state index contributed by atoms with van der Waals surface area (Å²) >= 11 is 2.12. The van der Waals surface area contributed by atoms with Crippen molar-refractivity contribution in [2.75, 3.05) is 44.2 Å². The molecule has 1 saturated heterocycles. The van der Waals surface area contributed by atoms with Crippen LogP contribution in [0.15, 0.2) is 0 Å². The van der Waals surface area contributed by atoms with Crippen LogP contribution in [0.25, 0.3) is 0 Å². The lowest BCUT2D eigenvalue weighted by Gasteiger charge is -2.44. The third-order valence-corrected chi connectivity index (χ3v) is 5.69. The van der Waals surface area contributed by atoms with E-state index in [9.17, 15) is 0 Å². The van der Waals surface area contributed by atoms with Gasteiger partial charge in [-0.15, -0.1) is 0 Å². The predicted octanol–water partition coefficient (Wildman–Crippen LogP) is 2.84. The smallest absolute Gasteiger partial charge is 0.00729 e. The molecular weight excluding hydrogens is 240 g/mol. The SMILES string of the molecule is CCNCC1(CN2CCSCC2)CCC(C)CC1. The van der Waals surface area contributed by atoms with Crippen LogP contribution < -0.4 is 5.32 Å². The Morgan fingerprint density at radius 1 is 1.22 bits per heavy atom. The van der Waals surface area contributed by atoms with Crippen molar-refractivity contribution in [3.63, 3.8) is 0 Å². The molecule has 3 heteroatoms. The van der Waals surface area contributed by atoms with Gasteiger partial charge in [0.05, 0.1) is 0 Å². The highest BCUT2D eigenvalue weighted by atomic mass is 32.2. The van der Waals surface area contributed by atoms with Crippen LogP contribution in [0.2, 0.25) is 0 Å². The fourth-order valence-electron chi connectivity index (χ4n) is 3.39. The second-order valence-electron chi connectivity index (χ2n) is 6.35. The minimum atomic E-state index is 0.574. The van der Waals surface area contributed by atoms with Gasteiger partial charge in [-0.2, -0.15) is 11.8 Å². The van der Waals surface area contributed by atoms with Crippen molar-refractivity contribution >= 4 is 11.8 Å². The second kappa shape index (κ2) is 7.16. The van der Waals surface area contributed by atoms with E-state index < -0.39 is 0 Å². The molecule has 0 aromatic carbocycles. The van der Waals surface area contributed by atoms with Crippen LogP contribution in [0, 0.1) is 11.3 Å². The number of thioether (sulfide) groups is 1. The van der Waals surface area contributed by atoms with E-state index in [2.05, 4.69) is 35.8 Å². The molecule has 1 aliphatic carbocycles. The van der Waals surface area contributed by atoms with Gasteiger partial charge in [-0.1, -0.05) is 26.7 Å². The Morgan fingerprint density at radius 3 is 2.50 bits per heavy atom. The molecule has 0 spiro atoms. The van der Waals surface area contributed by atoms with Crippen LogP contribution in [0.5, 0.6) is 0 Å². The number of nitrogens with zero attached hydrogens (tertiary/aromatic N) is 1. The van der Waals surface area contributed by atoms with Gasteiger partial charge in [0, 0.05) is 37.7 Å². The van der Waals surface area contributed by atoms with Crippen molar-refractivity contribution in [1.29, 1.82) is 0 Å². The third kappa shape index (κ3) is 4.14. The van der Waals surface area contributed by atoms with Crippen LogP contribution in [0.1, 0.15) is 39.5 Å². The quantitative estimate of drug-likeness (QED) is 0.827. The highest BCUT2D eigenvalue weighted by Crippen LogP contribution is 2.39. The molecule has 0 unspecified atom stereocenters. The van der Waals surface area contributed by atoms with Gasteiger partial charge in [-0.25, -0.2) is 0 Å². The maximum absolute atomic E-state index is 3.63. The van der Waals surface area contributed by atoms with Gasteiger partial charge in [-0.05, 0) is 30.7 Å². The van der Waals surface area contributed by atoms with Crippen LogP contribution >= 0.6 is 11.8 Å². The molecule has 2 rings (SSSR count). The summed E-state index contributed by atoms with van der Waals surface area (Å²) in [7, 11) is 0. The zero-order chi connectivity index (χ0) is 12.8. The molecule has 0 aromatic rings. The number of rotatable bonds is 5. The van der Waals surface area contributed by atoms with E-state index in [4.69, 9.17) is 0 Å². The summed E-state index contributed by atoms with van der Waals surface area (Å²) < 4.78 is 0. The molecule has 2 nitrogen and oxygen atoms in total. The first-order valence-corrected chi connectivity index (χ1v) is 8.90. The van der Waals surface area contributed by atoms with Gasteiger partial charge in [0.15, 0.2) is 0 Å². The minimum Gasteiger partial charge on any atom is -0.316 e. The summed E-state index contributed by atoms with van der Waals surface area (Å²) in [5.74, 6) is 3.64. The van der Waals surface area contributed by atoms with Crippen molar-refractivity contribution in [3.05, 3.63) is 0 Å². The average molecular weight is 270 g/mol. The molecule has 1 saturated carbocycles. The van der Waals surface area contributed by atoms with Crippen molar-refractivity contribution in [2.45, 2.75) is 39.5 Å². The van der Waals surface area contributed by atoms with Crippen LogP contribution in [0.3, 0.4) is 0 Å². The lowest BCUT2D eigenvalue weighted by Crippen LogP contribution is -2.48. The van der Waals surface area contributed by atoms with Crippen molar-refractivity contribution in [3.8, 4) is 0 Å². The first-order chi connectivity index (χ1) is 8.74. The van der Waals surface area contributed by atoms with Gasteiger partial charge in [0.1, 0.15) is 0 Å². The Hall–Kier alpha value is 0.270. The van der Waals surface area contributed by atoms with E-state index in [0.717, 1.165) is 12.5 Å². The van der Waals surface area contributed by atoms with E-state index in [0.29, 0.717) is 5.41 Å². The molecule has 18 heavy (non-hydrogen) atoms. The second-order valence-corrected chi connectivity index (χ2v) is 7.58. The maximum Gasteiger partial charge on any atom is 0.00729 e. The number of nitrogens with one attached hydrogen (secondary N) is 1. The van der Waals surface area contributed by atoms with Gasteiger partial charge < -0.3 is 10.2 Å². The molecule has 1 aliphatic heterocycles. The molecule has 1 N–H and O–H groups in total. The summed E-state index contributed by atoms with van der Waals surface area (Å²) in [6, 6.07) is 0. The van der Waals surface area contributed by atoms with Gasteiger partial charge in [0.2, 0.25) is 0 Å².